The summed E-state index contributed by atoms with van der Waals surface area (Å²) in [5.41, 5.74) is 2.12. The molecule has 0 bridgehead atoms. The Labute approximate surface area is 144 Å². The largest absolute Gasteiger partial charge is 0.468 e. The maximum absolute atomic E-state index is 12.7. The van der Waals surface area contributed by atoms with E-state index in [9.17, 15) is 9.59 Å². The molecule has 0 unspecified atom stereocenters. The van der Waals surface area contributed by atoms with Crippen molar-refractivity contribution in [2.24, 2.45) is 12.5 Å². The van der Waals surface area contributed by atoms with Crippen molar-refractivity contribution < 1.29 is 14.0 Å². The number of nitrogens with one attached hydrogen (secondary N) is 1. The van der Waals surface area contributed by atoms with Crippen molar-refractivity contribution in [3.05, 3.63) is 47.5 Å². The number of aromatic nitrogens is 2. The number of furan rings is 1. The SMILES string of the molecule is Cn1cc2cc(NC(=O)c3coc4c3C(=O)CC(C)(C)C4)ccc2n1. The first kappa shape index (κ1) is 15.6. The second kappa shape index (κ2) is 5.31. The third-order valence-corrected chi connectivity index (χ3v) is 4.55. The first-order valence-electron chi connectivity index (χ1n) is 8.21. The average molecular weight is 337 g/mol. The number of amides is 1. The van der Waals surface area contributed by atoms with Crippen LogP contribution in [0.25, 0.3) is 10.9 Å². The minimum Gasteiger partial charge on any atom is -0.468 e. The van der Waals surface area contributed by atoms with Crippen molar-refractivity contribution in [1.29, 1.82) is 0 Å². The number of ketones is 1. The zero-order chi connectivity index (χ0) is 17.8. The summed E-state index contributed by atoms with van der Waals surface area (Å²) < 4.78 is 7.26. The molecule has 1 aliphatic carbocycles. The van der Waals surface area contributed by atoms with Crippen molar-refractivity contribution in [2.45, 2.75) is 26.7 Å². The number of Topliss-reactive ketones (excluding diaryl/α,β-unsaturated/α-hetero) is 1. The highest BCUT2D eigenvalue weighted by Gasteiger charge is 2.36. The Balaban J connectivity index is 1.63. The smallest absolute Gasteiger partial charge is 0.259 e. The molecule has 0 spiro atoms. The fourth-order valence-electron chi connectivity index (χ4n) is 3.45. The molecule has 128 valence electrons. The van der Waals surface area contributed by atoms with Crippen LogP contribution in [0.2, 0.25) is 0 Å². The predicted molar refractivity (Wildman–Crippen MR) is 93.8 cm³/mol. The van der Waals surface area contributed by atoms with E-state index in [1.54, 1.807) is 10.7 Å². The standard InChI is InChI=1S/C19H19N3O3/c1-19(2)7-15(23)17-13(10-25-16(17)8-19)18(24)20-12-4-5-14-11(6-12)9-22(3)21-14/h4-6,9-10H,7-8H2,1-3H3,(H,20,24). The number of carbonyl (C=O) groups excluding carboxylic acids is 2. The maximum atomic E-state index is 12.7. The highest BCUT2D eigenvalue weighted by atomic mass is 16.3. The van der Waals surface area contributed by atoms with Gasteiger partial charge in [-0.05, 0) is 23.6 Å². The second-order valence-corrected chi connectivity index (χ2v) is 7.42. The summed E-state index contributed by atoms with van der Waals surface area (Å²) in [6.07, 6.45) is 4.35. The second-order valence-electron chi connectivity index (χ2n) is 7.42. The molecule has 1 N–H and O–H groups in total. The molecule has 1 aromatic carbocycles. The van der Waals surface area contributed by atoms with Crippen molar-refractivity contribution in [2.75, 3.05) is 5.32 Å². The summed E-state index contributed by atoms with van der Waals surface area (Å²) in [6.45, 7) is 4.05. The van der Waals surface area contributed by atoms with E-state index in [4.69, 9.17) is 4.42 Å². The molecule has 4 rings (SSSR count). The van der Waals surface area contributed by atoms with E-state index in [1.165, 1.54) is 6.26 Å². The minimum atomic E-state index is -0.332. The highest BCUT2D eigenvalue weighted by Crippen LogP contribution is 2.37. The van der Waals surface area contributed by atoms with Gasteiger partial charge >= 0.3 is 0 Å². The van der Waals surface area contributed by atoms with E-state index in [0.717, 1.165) is 10.9 Å². The zero-order valence-corrected chi connectivity index (χ0v) is 14.4. The van der Waals surface area contributed by atoms with E-state index in [0.29, 0.717) is 35.4 Å². The van der Waals surface area contributed by atoms with Gasteiger partial charge in [-0.25, -0.2) is 0 Å². The highest BCUT2D eigenvalue weighted by molar-refractivity contribution is 6.13. The van der Waals surface area contributed by atoms with Gasteiger partial charge in [0.1, 0.15) is 12.0 Å². The summed E-state index contributed by atoms with van der Waals surface area (Å²) in [7, 11) is 1.85. The van der Waals surface area contributed by atoms with Crippen LogP contribution in [0.15, 0.2) is 35.1 Å². The van der Waals surface area contributed by atoms with E-state index >= 15 is 0 Å². The van der Waals surface area contributed by atoms with E-state index in [1.807, 2.05) is 39.2 Å². The summed E-state index contributed by atoms with van der Waals surface area (Å²) in [5, 5.41) is 8.10. The number of carbonyl (C=O) groups is 2. The van der Waals surface area contributed by atoms with Crippen LogP contribution in [-0.4, -0.2) is 21.5 Å². The predicted octanol–water partition coefficient (Wildman–Crippen LogP) is 3.57. The number of aryl methyl sites for hydroxylation is 1. The van der Waals surface area contributed by atoms with Crippen molar-refractivity contribution >= 4 is 28.3 Å². The lowest BCUT2D eigenvalue weighted by Crippen LogP contribution is -2.27. The summed E-state index contributed by atoms with van der Waals surface area (Å²) in [4.78, 5) is 25.1. The van der Waals surface area contributed by atoms with Crippen LogP contribution in [0.3, 0.4) is 0 Å². The third-order valence-electron chi connectivity index (χ3n) is 4.55. The lowest BCUT2D eigenvalue weighted by molar-refractivity contribution is 0.0895. The number of hydrogen-bond acceptors (Lipinski definition) is 4. The molecule has 3 aromatic rings. The van der Waals surface area contributed by atoms with E-state index < -0.39 is 0 Å². The molecular formula is C19H19N3O3. The number of benzene rings is 1. The van der Waals surface area contributed by atoms with Crippen LogP contribution in [0.4, 0.5) is 5.69 Å². The molecule has 6 heteroatoms. The van der Waals surface area contributed by atoms with Gasteiger partial charge in [-0.15, -0.1) is 0 Å². The van der Waals surface area contributed by atoms with Gasteiger partial charge < -0.3 is 9.73 Å². The Morgan fingerprint density at radius 3 is 2.92 bits per heavy atom. The molecule has 0 atom stereocenters. The fraction of sp³-hybridized carbons (Fsp3) is 0.316. The monoisotopic (exact) mass is 337 g/mol. The Hall–Kier alpha value is -2.89. The zero-order valence-electron chi connectivity index (χ0n) is 14.4. The summed E-state index contributed by atoms with van der Waals surface area (Å²) in [6, 6.07) is 5.51. The lowest BCUT2D eigenvalue weighted by Gasteiger charge is -2.27. The number of nitrogens with zero attached hydrogens (tertiary/aromatic N) is 2. The number of anilines is 1. The first-order chi connectivity index (χ1) is 11.8. The van der Waals surface area contributed by atoms with Crippen molar-refractivity contribution in [1.82, 2.24) is 9.78 Å². The molecule has 0 aliphatic heterocycles. The van der Waals surface area contributed by atoms with Crippen LogP contribution in [0.1, 0.15) is 46.7 Å². The molecule has 0 fully saturated rings. The van der Waals surface area contributed by atoms with Gasteiger partial charge in [0.25, 0.3) is 5.91 Å². The third kappa shape index (κ3) is 2.73. The van der Waals surface area contributed by atoms with Gasteiger partial charge in [-0.3, -0.25) is 14.3 Å². The van der Waals surface area contributed by atoms with Gasteiger partial charge in [0.05, 0.1) is 16.6 Å². The van der Waals surface area contributed by atoms with Crippen molar-refractivity contribution in [3.63, 3.8) is 0 Å². The van der Waals surface area contributed by atoms with E-state index in [2.05, 4.69) is 10.4 Å². The Bertz CT molecular complexity index is 1010. The number of hydrogen-bond donors (Lipinski definition) is 1. The lowest BCUT2D eigenvalue weighted by atomic mass is 9.76. The minimum absolute atomic E-state index is 0.0344. The summed E-state index contributed by atoms with van der Waals surface area (Å²) in [5.74, 6) is 0.239. The number of rotatable bonds is 2. The topological polar surface area (TPSA) is 77.1 Å². The maximum Gasteiger partial charge on any atom is 0.259 e. The van der Waals surface area contributed by atoms with E-state index in [-0.39, 0.29) is 17.1 Å². The molecule has 0 radical (unpaired) electrons. The van der Waals surface area contributed by atoms with Crippen LogP contribution >= 0.6 is 0 Å². The van der Waals surface area contributed by atoms with Crippen LogP contribution in [0.5, 0.6) is 0 Å². The Morgan fingerprint density at radius 2 is 2.12 bits per heavy atom. The molecule has 2 aromatic heterocycles. The van der Waals surface area contributed by atoms with Gasteiger partial charge in [-0.1, -0.05) is 13.8 Å². The molecule has 2 heterocycles. The Kier molecular flexibility index (Phi) is 3.32. The fourth-order valence-corrected chi connectivity index (χ4v) is 3.45. The van der Waals surface area contributed by atoms with Crippen LogP contribution in [0, 0.1) is 5.41 Å². The molecule has 0 saturated carbocycles. The molecule has 0 saturated heterocycles. The molecular weight excluding hydrogens is 318 g/mol. The van der Waals surface area contributed by atoms with Crippen LogP contribution < -0.4 is 5.32 Å². The first-order valence-corrected chi connectivity index (χ1v) is 8.21. The summed E-state index contributed by atoms with van der Waals surface area (Å²) >= 11 is 0. The van der Waals surface area contributed by atoms with Gasteiger partial charge in [0, 0.05) is 37.2 Å². The molecule has 6 nitrogen and oxygen atoms in total. The molecule has 1 aliphatic rings. The molecule has 25 heavy (non-hydrogen) atoms. The quantitative estimate of drug-likeness (QED) is 0.775. The van der Waals surface area contributed by atoms with Crippen LogP contribution in [-0.2, 0) is 13.5 Å². The molecule has 1 amide bonds. The van der Waals surface area contributed by atoms with Gasteiger partial charge in [0.15, 0.2) is 5.78 Å². The average Bonchev–Trinajstić information content (AvgIpc) is 3.08. The van der Waals surface area contributed by atoms with Crippen molar-refractivity contribution in [3.8, 4) is 0 Å². The van der Waals surface area contributed by atoms with Gasteiger partial charge in [-0.2, -0.15) is 5.10 Å². The van der Waals surface area contributed by atoms with Gasteiger partial charge in [0.2, 0.25) is 0 Å². The number of fused-ring (bicyclic) bond motifs is 2. The Morgan fingerprint density at radius 1 is 1.32 bits per heavy atom. The normalized spacial score (nSPS) is 16.0.